The summed E-state index contributed by atoms with van der Waals surface area (Å²) in [6.07, 6.45) is 32.3. The van der Waals surface area contributed by atoms with Crippen LogP contribution in [0, 0.1) is 10.8 Å². The largest absolute Gasteiger partial charge is 0.393 e. The Kier molecular flexibility index (Phi) is 11.3. The van der Waals surface area contributed by atoms with Crippen LogP contribution in [0.1, 0.15) is 94.9 Å². The molecule has 0 aromatic heterocycles. The standard InChI is InChI=1S/C40H56O3/c1-29(17-13-19-31(3)21-22-36-33(5)25-34(41)26-37(36,6)7)15-11-12-16-30(2)18-14-20-32(4)23-24-40-38(8,9)27-35(42)28-39(40,10)43-40/h11-24,34-35,41-42H,25-28H2,1-10H3/b12-11+,17-13+,18-14+,22-21+,24-23+,29-15+,30-16+,31-19+,32-20+/t34-,35?,39-,40+/m0/s1. The van der Waals surface area contributed by atoms with Gasteiger partial charge < -0.3 is 14.9 Å². The van der Waals surface area contributed by atoms with E-state index >= 15 is 0 Å². The van der Waals surface area contributed by atoms with Gasteiger partial charge in [0.1, 0.15) is 11.2 Å². The maximum atomic E-state index is 10.2. The SMILES string of the molecule is CC1=C(/C=C/C(C)=C/C=C/C(C)=C/C=C/C=C(C)/C=C/C=C(C)/C=C/[C@]23O[C@@]2(C)CC(O)CC3(C)C)C(C)(C)C[C@@H](O)C1. The zero-order valence-electron chi connectivity index (χ0n) is 28.4. The first-order chi connectivity index (χ1) is 20.0. The Labute approximate surface area is 262 Å². The fraction of sp³-hybridized carbons (Fsp3) is 0.500. The molecule has 3 aliphatic rings. The number of hydrogen-bond donors (Lipinski definition) is 2. The van der Waals surface area contributed by atoms with Crippen LogP contribution in [0.15, 0.2) is 119 Å². The average Bonchev–Trinajstić information content (AvgIpc) is 3.49. The number of allylic oxidation sites excluding steroid dienone is 18. The molecule has 1 saturated carbocycles. The van der Waals surface area contributed by atoms with Crippen molar-refractivity contribution in [2.45, 2.75) is 118 Å². The summed E-state index contributed by atoms with van der Waals surface area (Å²) < 4.78 is 6.25. The van der Waals surface area contributed by atoms with Crippen molar-refractivity contribution in [3.63, 3.8) is 0 Å². The molecule has 2 aliphatic carbocycles. The maximum absolute atomic E-state index is 10.2. The Morgan fingerprint density at radius 1 is 0.674 bits per heavy atom. The predicted octanol–water partition coefficient (Wildman–Crippen LogP) is 9.76. The molecule has 1 heterocycles. The molecule has 0 amide bonds. The smallest absolute Gasteiger partial charge is 0.121 e. The molecule has 2 N–H and O–H groups in total. The molecule has 0 bridgehead atoms. The third-order valence-corrected chi connectivity index (χ3v) is 9.34. The molecule has 234 valence electrons. The predicted molar refractivity (Wildman–Crippen MR) is 184 cm³/mol. The fourth-order valence-corrected chi connectivity index (χ4v) is 7.06. The van der Waals surface area contributed by atoms with Crippen molar-refractivity contribution < 1.29 is 14.9 Å². The van der Waals surface area contributed by atoms with E-state index in [2.05, 4.69) is 154 Å². The van der Waals surface area contributed by atoms with Crippen molar-refractivity contribution in [3.8, 4) is 0 Å². The minimum Gasteiger partial charge on any atom is -0.393 e. The second-order valence-corrected chi connectivity index (χ2v) is 14.6. The van der Waals surface area contributed by atoms with Crippen LogP contribution in [0.25, 0.3) is 0 Å². The van der Waals surface area contributed by atoms with Crippen LogP contribution in [0.3, 0.4) is 0 Å². The van der Waals surface area contributed by atoms with E-state index < -0.39 is 0 Å². The second-order valence-electron chi connectivity index (χ2n) is 14.6. The van der Waals surface area contributed by atoms with E-state index in [1.807, 2.05) is 0 Å². The molecule has 3 heteroatoms. The Balaban J connectivity index is 1.50. The number of aliphatic hydroxyl groups is 2. The maximum Gasteiger partial charge on any atom is 0.121 e. The van der Waals surface area contributed by atoms with Crippen LogP contribution in [-0.2, 0) is 4.74 Å². The Bertz CT molecular complexity index is 1330. The van der Waals surface area contributed by atoms with Gasteiger partial charge in [-0.1, -0.05) is 135 Å². The van der Waals surface area contributed by atoms with E-state index in [0.29, 0.717) is 6.42 Å². The zero-order chi connectivity index (χ0) is 32.1. The molecular formula is C40H56O3. The fourth-order valence-electron chi connectivity index (χ4n) is 7.06. The molecular weight excluding hydrogens is 528 g/mol. The van der Waals surface area contributed by atoms with Gasteiger partial charge in [0.25, 0.3) is 0 Å². The van der Waals surface area contributed by atoms with Gasteiger partial charge in [0.05, 0.1) is 12.2 Å². The van der Waals surface area contributed by atoms with Gasteiger partial charge in [0, 0.05) is 11.8 Å². The van der Waals surface area contributed by atoms with Crippen molar-refractivity contribution in [3.05, 3.63) is 119 Å². The molecule has 43 heavy (non-hydrogen) atoms. The van der Waals surface area contributed by atoms with E-state index in [-0.39, 0.29) is 34.2 Å². The molecule has 0 aromatic carbocycles. The van der Waals surface area contributed by atoms with E-state index in [0.717, 1.165) is 19.3 Å². The molecule has 3 rings (SSSR count). The Morgan fingerprint density at radius 3 is 1.72 bits per heavy atom. The summed E-state index contributed by atoms with van der Waals surface area (Å²) in [7, 11) is 0. The number of ether oxygens (including phenoxy) is 1. The number of aliphatic hydroxyl groups excluding tert-OH is 2. The molecule has 0 radical (unpaired) electrons. The van der Waals surface area contributed by atoms with E-state index in [4.69, 9.17) is 4.74 Å². The zero-order valence-corrected chi connectivity index (χ0v) is 28.4. The van der Waals surface area contributed by atoms with Gasteiger partial charge in [-0.25, -0.2) is 0 Å². The molecule has 1 saturated heterocycles. The van der Waals surface area contributed by atoms with Crippen LogP contribution in [0.4, 0.5) is 0 Å². The topological polar surface area (TPSA) is 53.0 Å². The summed E-state index contributed by atoms with van der Waals surface area (Å²) in [5, 5.41) is 20.4. The lowest BCUT2D eigenvalue weighted by atomic mass is 9.63. The van der Waals surface area contributed by atoms with Gasteiger partial charge in [-0.05, 0) is 77.9 Å². The van der Waals surface area contributed by atoms with Crippen molar-refractivity contribution in [2.24, 2.45) is 10.8 Å². The number of hydrogen-bond acceptors (Lipinski definition) is 3. The summed E-state index contributed by atoms with van der Waals surface area (Å²) in [4.78, 5) is 0. The average molecular weight is 585 g/mol. The highest BCUT2D eigenvalue weighted by Crippen LogP contribution is 2.66. The highest BCUT2D eigenvalue weighted by atomic mass is 16.6. The third kappa shape index (κ3) is 8.91. The first-order valence-corrected chi connectivity index (χ1v) is 15.9. The summed E-state index contributed by atoms with van der Waals surface area (Å²) in [6, 6.07) is 0. The summed E-state index contributed by atoms with van der Waals surface area (Å²) in [5.41, 5.74) is 6.71. The van der Waals surface area contributed by atoms with Gasteiger partial charge in [-0.15, -0.1) is 0 Å². The molecule has 3 nitrogen and oxygen atoms in total. The monoisotopic (exact) mass is 584 g/mol. The van der Waals surface area contributed by atoms with E-state index in [1.54, 1.807) is 0 Å². The summed E-state index contributed by atoms with van der Waals surface area (Å²) in [6.45, 7) is 21.5. The van der Waals surface area contributed by atoms with Crippen molar-refractivity contribution in [2.75, 3.05) is 0 Å². The normalized spacial score (nSPS) is 32.3. The molecule has 0 aromatic rings. The molecule has 2 fully saturated rings. The van der Waals surface area contributed by atoms with Crippen LogP contribution < -0.4 is 0 Å². The van der Waals surface area contributed by atoms with Gasteiger partial charge >= 0.3 is 0 Å². The minimum absolute atomic E-state index is 0.00262. The van der Waals surface area contributed by atoms with Crippen LogP contribution in [0.5, 0.6) is 0 Å². The molecule has 1 aliphatic heterocycles. The van der Waals surface area contributed by atoms with Crippen LogP contribution in [-0.4, -0.2) is 33.6 Å². The number of fused-ring (bicyclic) bond motifs is 1. The first kappa shape index (κ1) is 34.8. The summed E-state index contributed by atoms with van der Waals surface area (Å²) in [5.74, 6) is 0. The lowest BCUT2D eigenvalue weighted by molar-refractivity contribution is 0.0515. The van der Waals surface area contributed by atoms with Gasteiger partial charge in [-0.2, -0.15) is 0 Å². The van der Waals surface area contributed by atoms with Crippen molar-refractivity contribution >= 4 is 0 Å². The van der Waals surface area contributed by atoms with Gasteiger partial charge in [0.2, 0.25) is 0 Å². The second kappa shape index (κ2) is 13.9. The molecule has 1 unspecified atom stereocenters. The quantitative estimate of drug-likeness (QED) is 0.198. The first-order valence-electron chi connectivity index (χ1n) is 15.9. The van der Waals surface area contributed by atoms with E-state index in [1.165, 1.54) is 33.4 Å². The lowest BCUT2D eigenvalue weighted by Gasteiger charge is -2.39. The van der Waals surface area contributed by atoms with Gasteiger partial charge in [-0.3, -0.25) is 0 Å². The van der Waals surface area contributed by atoms with Gasteiger partial charge in [0.15, 0.2) is 0 Å². The van der Waals surface area contributed by atoms with E-state index in [9.17, 15) is 10.2 Å². The highest BCUT2D eigenvalue weighted by Gasteiger charge is 2.74. The van der Waals surface area contributed by atoms with Crippen LogP contribution >= 0.6 is 0 Å². The number of epoxide rings is 1. The number of rotatable bonds is 10. The Hall–Kier alpha value is -2.72. The van der Waals surface area contributed by atoms with Crippen LogP contribution in [0.2, 0.25) is 0 Å². The third-order valence-electron chi connectivity index (χ3n) is 9.34. The highest BCUT2D eigenvalue weighted by molar-refractivity contribution is 5.39. The molecule has 0 spiro atoms. The molecule has 4 atom stereocenters. The summed E-state index contributed by atoms with van der Waals surface area (Å²) >= 11 is 0. The van der Waals surface area contributed by atoms with Crippen molar-refractivity contribution in [1.29, 1.82) is 0 Å². The van der Waals surface area contributed by atoms with Crippen molar-refractivity contribution in [1.82, 2.24) is 0 Å². The lowest BCUT2D eigenvalue weighted by Crippen LogP contribution is -2.46. The Morgan fingerprint density at radius 2 is 1.19 bits per heavy atom. The minimum atomic E-state index is -0.291.